The van der Waals surface area contributed by atoms with Gasteiger partial charge in [-0.1, -0.05) is 6.42 Å². The molecule has 0 amide bonds. The van der Waals surface area contributed by atoms with Crippen LogP contribution in [0.4, 0.5) is 0 Å². The minimum Gasteiger partial charge on any atom is -0.469 e. The van der Waals surface area contributed by atoms with Crippen molar-refractivity contribution in [1.82, 2.24) is 10.6 Å². The molecule has 5 nitrogen and oxygen atoms in total. The SMILES string of the molecule is CC(C)NC(=NCCc1ccco1)NC1C2CCOC2C12CCC2.I. The van der Waals surface area contributed by atoms with Crippen LogP contribution in [0.15, 0.2) is 27.8 Å². The highest BCUT2D eigenvalue weighted by atomic mass is 127. The Morgan fingerprint density at radius 2 is 2.24 bits per heavy atom. The maximum atomic E-state index is 6.02. The molecule has 2 aliphatic carbocycles. The van der Waals surface area contributed by atoms with E-state index in [1.807, 2.05) is 12.1 Å². The molecule has 0 aromatic carbocycles. The number of halogens is 1. The molecule has 1 aliphatic heterocycles. The Morgan fingerprint density at radius 3 is 2.88 bits per heavy atom. The Kier molecular flexibility index (Phi) is 5.98. The van der Waals surface area contributed by atoms with Crippen molar-refractivity contribution in [2.45, 2.75) is 64.1 Å². The molecule has 3 aliphatic rings. The van der Waals surface area contributed by atoms with Gasteiger partial charge in [0.2, 0.25) is 0 Å². The summed E-state index contributed by atoms with van der Waals surface area (Å²) in [6.45, 7) is 5.98. The van der Waals surface area contributed by atoms with E-state index >= 15 is 0 Å². The van der Waals surface area contributed by atoms with E-state index in [1.54, 1.807) is 6.26 Å². The molecular formula is C19H30IN3O2. The number of guanidine groups is 1. The highest BCUT2D eigenvalue weighted by Crippen LogP contribution is 2.62. The molecule has 1 spiro atoms. The van der Waals surface area contributed by atoms with Crippen LogP contribution in [0.3, 0.4) is 0 Å². The second kappa shape index (κ2) is 7.86. The number of hydrogen-bond acceptors (Lipinski definition) is 3. The molecule has 1 aromatic rings. The van der Waals surface area contributed by atoms with E-state index in [0.29, 0.717) is 29.5 Å². The number of nitrogens with one attached hydrogen (secondary N) is 2. The first-order valence-corrected chi connectivity index (χ1v) is 9.40. The largest absolute Gasteiger partial charge is 0.469 e. The summed E-state index contributed by atoms with van der Waals surface area (Å²) >= 11 is 0. The molecule has 2 heterocycles. The van der Waals surface area contributed by atoms with Gasteiger partial charge in [0.05, 0.1) is 12.4 Å². The number of rotatable bonds is 5. The predicted octanol–water partition coefficient (Wildman–Crippen LogP) is 3.34. The molecule has 25 heavy (non-hydrogen) atoms. The van der Waals surface area contributed by atoms with E-state index in [0.717, 1.165) is 31.3 Å². The zero-order chi connectivity index (χ0) is 16.6. The molecule has 3 fully saturated rings. The smallest absolute Gasteiger partial charge is 0.191 e. The molecule has 2 saturated carbocycles. The fourth-order valence-corrected chi connectivity index (χ4v) is 4.74. The lowest BCUT2D eigenvalue weighted by atomic mass is 9.46. The van der Waals surface area contributed by atoms with Gasteiger partial charge in [-0.2, -0.15) is 0 Å². The van der Waals surface area contributed by atoms with Gasteiger partial charge in [0.1, 0.15) is 5.76 Å². The van der Waals surface area contributed by atoms with Crippen LogP contribution in [0.1, 0.15) is 45.3 Å². The van der Waals surface area contributed by atoms with Crippen molar-refractivity contribution in [1.29, 1.82) is 0 Å². The maximum absolute atomic E-state index is 6.02. The lowest BCUT2D eigenvalue weighted by Crippen LogP contribution is -2.72. The number of aliphatic imine (C=N–C) groups is 1. The number of furan rings is 1. The first-order valence-electron chi connectivity index (χ1n) is 9.40. The molecule has 4 rings (SSSR count). The molecule has 2 N–H and O–H groups in total. The van der Waals surface area contributed by atoms with Gasteiger partial charge in [0.25, 0.3) is 0 Å². The Balaban J connectivity index is 0.00000182. The van der Waals surface area contributed by atoms with Gasteiger partial charge in [0, 0.05) is 43.0 Å². The zero-order valence-corrected chi connectivity index (χ0v) is 17.5. The Morgan fingerprint density at radius 1 is 1.40 bits per heavy atom. The van der Waals surface area contributed by atoms with Crippen LogP contribution >= 0.6 is 24.0 Å². The van der Waals surface area contributed by atoms with Gasteiger partial charge in [-0.25, -0.2) is 0 Å². The molecule has 1 aromatic heterocycles. The molecule has 0 bridgehead atoms. The fraction of sp³-hybridized carbons (Fsp3) is 0.737. The van der Waals surface area contributed by atoms with E-state index < -0.39 is 0 Å². The van der Waals surface area contributed by atoms with Crippen LogP contribution in [0, 0.1) is 11.3 Å². The van der Waals surface area contributed by atoms with E-state index in [9.17, 15) is 0 Å². The van der Waals surface area contributed by atoms with Gasteiger partial charge in [-0.15, -0.1) is 24.0 Å². The number of hydrogen-bond donors (Lipinski definition) is 2. The Hall–Kier alpha value is -0.760. The Labute approximate surface area is 167 Å². The van der Waals surface area contributed by atoms with Crippen LogP contribution in [0.2, 0.25) is 0 Å². The first kappa shape index (κ1) is 19.0. The highest BCUT2D eigenvalue weighted by molar-refractivity contribution is 14.0. The van der Waals surface area contributed by atoms with Crippen molar-refractivity contribution < 1.29 is 9.15 Å². The van der Waals surface area contributed by atoms with Gasteiger partial charge in [0.15, 0.2) is 5.96 Å². The molecule has 6 heteroatoms. The molecule has 3 unspecified atom stereocenters. The average molecular weight is 459 g/mol. The van der Waals surface area contributed by atoms with Gasteiger partial charge < -0.3 is 19.8 Å². The van der Waals surface area contributed by atoms with Gasteiger partial charge >= 0.3 is 0 Å². The second-order valence-corrected chi connectivity index (χ2v) is 7.81. The van der Waals surface area contributed by atoms with E-state index in [2.05, 4.69) is 24.5 Å². The third-order valence-electron chi connectivity index (χ3n) is 5.96. The van der Waals surface area contributed by atoms with E-state index in [4.69, 9.17) is 14.1 Å². The molecule has 1 saturated heterocycles. The lowest BCUT2D eigenvalue weighted by Gasteiger charge is -2.63. The van der Waals surface area contributed by atoms with Crippen molar-refractivity contribution in [2.75, 3.05) is 13.2 Å². The molecule has 0 radical (unpaired) electrons. The number of fused-ring (bicyclic) bond motifs is 2. The maximum Gasteiger partial charge on any atom is 0.191 e. The summed E-state index contributed by atoms with van der Waals surface area (Å²) in [5.74, 6) is 2.60. The van der Waals surface area contributed by atoms with Crippen molar-refractivity contribution >= 4 is 29.9 Å². The van der Waals surface area contributed by atoms with Gasteiger partial charge in [-0.3, -0.25) is 4.99 Å². The van der Waals surface area contributed by atoms with Crippen LogP contribution in [-0.4, -0.2) is 37.3 Å². The summed E-state index contributed by atoms with van der Waals surface area (Å²) in [6.07, 6.45) is 8.17. The summed E-state index contributed by atoms with van der Waals surface area (Å²) in [5.41, 5.74) is 0.377. The number of ether oxygens (including phenoxy) is 1. The van der Waals surface area contributed by atoms with Crippen molar-refractivity contribution in [3.05, 3.63) is 24.2 Å². The van der Waals surface area contributed by atoms with E-state index in [1.165, 1.54) is 25.7 Å². The summed E-state index contributed by atoms with van der Waals surface area (Å²) < 4.78 is 11.4. The number of nitrogens with zero attached hydrogens (tertiary/aromatic N) is 1. The van der Waals surface area contributed by atoms with Crippen molar-refractivity contribution in [3.63, 3.8) is 0 Å². The standard InChI is InChI=1S/C19H29N3O2.HI/c1-13(2)21-18(20-10-6-14-5-3-11-23-14)22-16-15-7-12-24-17(15)19(16)8-4-9-19;/h3,5,11,13,15-17H,4,6-10,12H2,1-2H3,(H2,20,21,22);1H. The molecule has 3 atom stereocenters. The average Bonchev–Trinajstić information content (AvgIpc) is 3.13. The van der Waals surface area contributed by atoms with Crippen LogP contribution in [-0.2, 0) is 11.2 Å². The topological polar surface area (TPSA) is 58.8 Å². The molecular weight excluding hydrogens is 429 g/mol. The highest BCUT2D eigenvalue weighted by Gasteiger charge is 2.66. The minimum atomic E-state index is 0. The van der Waals surface area contributed by atoms with Crippen molar-refractivity contribution in [2.24, 2.45) is 16.3 Å². The summed E-state index contributed by atoms with van der Waals surface area (Å²) in [5, 5.41) is 7.25. The minimum absolute atomic E-state index is 0. The first-order chi connectivity index (χ1) is 11.7. The normalized spacial score (nSPS) is 29.6. The predicted molar refractivity (Wildman–Crippen MR) is 109 cm³/mol. The fourth-order valence-electron chi connectivity index (χ4n) is 4.74. The van der Waals surface area contributed by atoms with Gasteiger partial charge in [-0.05, 0) is 45.2 Å². The Bertz CT molecular complexity index is 583. The van der Waals surface area contributed by atoms with Crippen LogP contribution < -0.4 is 10.6 Å². The summed E-state index contributed by atoms with van der Waals surface area (Å²) in [7, 11) is 0. The third kappa shape index (κ3) is 3.56. The lowest BCUT2D eigenvalue weighted by molar-refractivity contribution is -0.171. The molecule has 140 valence electrons. The van der Waals surface area contributed by atoms with E-state index in [-0.39, 0.29) is 24.0 Å². The summed E-state index contributed by atoms with van der Waals surface area (Å²) in [6, 6.07) is 4.83. The summed E-state index contributed by atoms with van der Waals surface area (Å²) in [4.78, 5) is 4.79. The third-order valence-corrected chi connectivity index (χ3v) is 5.96. The van der Waals surface area contributed by atoms with Crippen molar-refractivity contribution in [3.8, 4) is 0 Å². The zero-order valence-electron chi connectivity index (χ0n) is 15.2. The van der Waals surface area contributed by atoms with Crippen LogP contribution in [0.5, 0.6) is 0 Å². The quantitative estimate of drug-likeness (QED) is 0.403. The monoisotopic (exact) mass is 459 g/mol. The second-order valence-electron chi connectivity index (χ2n) is 7.81. The van der Waals surface area contributed by atoms with Crippen LogP contribution in [0.25, 0.3) is 0 Å².